The second kappa shape index (κ2) is 12.0. The van der Waals surface area contributed by atoms with Crippen molar-refractivity contribution >= 4 is 17.9 Å². The van der Waals surface area contributed by atoms with Crippen molar-refractivity contribution in [1.29, 1.82) is 0 Å². The number of ether oxygens (including phenoxy) is 2. The highest BCUT2D eigenvalue weighted by Gasteiger charge is 2.41. The van der Waals surface area contributed by atoms with Crippen LogP contribution in [-0.4, -0.2) is 48.6 Å². The summed E-state index contributed by atoms with van der Waals surface area (Å²) in [6, 6.07) is 15.8. The molecule has 2 aromatic rings. The molecule has 2 aromatic carbocycles. The number of hydrogen-bond acceptors (Lipinski definition) is 4. The second-order valence-electron chi connectivity index (χ2n) is 9.36. The van der Waals surface area contributed by atoms with E-state index in [4.69, 9.17) is 9.47 Å². The van der Waals surface area contributed by atoms with Crippen molar-refractivity contribution in [3.8, 4) is 0 Å². The maximum absolute atomic E-state index is 13.5. The molecule has 2 atom stereocenters. The lowest BCUT2D eigenvalue weighted by atomic mass is 9.89. The molecule has 1 aliphatic heterocycles. The number of nitrogens with one attached hydrogen (secondary N) is 1. The van der Waals surface area contributed by atoms with Gasteiger partial charge in [0.2, 0.25) is 0 Å². The van der Waals surface area contributed by atoms with E-state index in [1.165, 1.54) is 5.56 Å². The predicted octanol–water partition coefficient (Wildman–Crippen LogP) is 4.86. The number of fused-ring (bicyclic) bond motifs is 1. The first kappa shape index (κ1) is 25.0. The van der Waals surface area contributed by atoms with Crippen molar-refractivity contribution in [1.82, 2.24) is 10.2 Å². The Morgan fingerprint density at radius 1 is 1.11 bits per heavy atom. The van der Waals surface area contributed by atoms with E-state index in [9.17, 15) is 9.59 Å². The summed E-state index contributed by atoms with van der Waals surface area (Å²) in [5.74, 6) is 0.207. The van der Waals surface area contributed by atoms with Gasteiger partial charge in [0.15, 0.2) is 5.76 Å². The highest BCUT2D eigenvalue weighted by Crippen LogP contribution is 2.34. The number of benzene rings is 2. The standard InChI is InChI=1S/C29H36N2O4/c1-3-34-18-6-17-30-28(32)24-15-13-22(14-16-24)19-27-29(33)31(20-23-11-9-21(2)10-12-23)25-7-4-5-8-26(25)35-27/h9-16,19,25-26H,3-8,17-18,20H2,1-2H3,(H,30,32)/b27-19+. The fraction of sp³-hybridized carbons (Fsp3) is 0.448. The SMILES string of the molecule is CCOCCCNC(=O)c1ccc(/C=C2/OC3CCCCC3N(Cc3ccc(C)cc3)C2=O)cc1. The monoisotopic (exact) mass is 476 g/mol. The quantitative estimate of drug-likeness (QED) is 0.415. The van der Waals surface area contributed by atoms with Gasteiger partial charge in [0.25, 0.3) is 11.8 Å². The summed E-state index contributed by atoms with van der Waals surface area (Å²) in [5.41, 5.74) is 3.77. The number of rotatable bonds is 9. The molecule has 2 aliphatic rings. The Kier molecular flexibility index (Phi) is 8.59. The Bertz CT molecular complexity index is 1030. The van der Waals surface area contributed by atoms with E-state index >= 15 is 0 Å². The summed E-state index contributed by atoms with van der Waals surface area (Å²) in [5, 5.41) is 2.91. The predicted molar refractivity (Wildman–Crippen MR) is 137 cm³/mol. The largest absolute Gasteiger partial charge is 0.482 e. The van der Waals surface area contributed by atoms with Gasteiger partial charge < -0.3 is 19.7 Å². The molecule has 1 saturated carbocycles. The molecule has 2 amide bonds. The van der Waals surface area contributed by atoms with Gasteiger partial charge in [0.05, 0.1) is 6.04 Å². The zero-order chi connectivity index (χ0) is 24.6. The van der Waals surface area contributed by atoms with Gasteiger partial charge in [-0.25, -0.2) is 0 Å². The fourth-order valence-corrected chi connectivity index (χ4v) is 4.76. The van der Waals surface area contributed by atoms with Crippen LogP contribution in [0.5, 0.6) is 0 Å². The van der Waals surface area contributed by atoms with Crippen molar-refractivity contribution in [3.63, 3.8) is 0 Å². The van der Waals surface area contributed by atoms with Gasteiger partial charge in [0, 0.05) is 31.9 Å². The smallest absolute Gasteiger partial charge is 0.289 e. The fourth-order valence-electron chi connectivity index (χ4n) is 4.76. The second-order valence-corrected chi connectivity index (χ2v) is 9.36. The van der Waals surface area contributed by atoms with E-state index in [1.54, 1.807) is 18.2 Å². The molecule has 0 aromatic heterocycles. The van der Waals surface area contributed by atoms with Gasteiger partial charge in [0.1, 0.15) is 6.10 Å². The molecule has 186 valence electrons. The van der Waals surface area contributed by atoms with Gasteiger partial charge >= 0.3 is 0 Å². The molecular formula is C29H36N2O4. The minimum atomic E-state index is -0.111. The zero-order valence-electron chi connectivity index (χ0n) is 20.8. The number of carbonyl (C=O) groups is 2. The Labute approximate surface area is 208 Å². The number of nitrogens with zero attached hydrogens (tertiary/aromatic N) is 1. The molecule has 0 bridgehead atoms. The molecule has 4 rings (SSSR count). The maximum atomic E-state index is 13.5. The first-order chi connectivity index (χ1) is 17.0. The van der Waals surface area contributed by atoms with Crippen LogP contribution in [0, 0.1) is 6.92 Å². The number of aryl methyl sites for hydroxylation is 1. The van der Waals surface area contributed by atoms with Gasteiger partial charge in [-0.15, -0.1) is 0 Å². The molecule has 0 spiro atoms. The molecule has 1 saturated heterocycles. The first-order valence-corrected chi connectivity index (χ1v) is 12.8. The number of morpholine rings is 1. The van der Waals surface area contributed by atoms with Crippen LogP contribution in [0.1, 0.15) is 66.1 Å². The van der Waals surface area contributed by atoms with Crippen LogP contribution < -0.4 is 5.32 Å². The minimum absolute atomic E-state index is 0.0277. The van der Waals surface area contributed by atoms with Crippen molar-refractivity contribution in [2.24, 2.45) is 0 Å². The molecule has 35 heavy (non-hydrogen) atoms. The van der Waals surface area contributed by atoms with Gasteiger partial charge in [-0.3, -0.25) is 9.59 Å². The van der Waals surface area contributed by atoms with Gasteiger partial charge in [-0.1, -0.05) is 48.4 Å². The lowest BCUT2D eigenvalue weighted by Gasteiger charge is -2.44. The topological polar surface area (TPSA) is 67.9 Å². The zero-order valence-corrected chi connectivity index (χ0v) is 20.8. The first-order valence-electron chi connectivity index (χ1n) is 12.8. The summed E-state index contributed by atoms with van der Waals surface area (Å²) in [4.78, 5) is 27.8. The molecule has 6 nitrogen and oxygen atoms in total. The van der Waals surface area contributed by atoms with Crippen LogP contribution in [0.25, 0.3) is 6.08 Å². The number of amides is 2. The number of carbonyl (C=O) groups excluding carboxylic acids is 2. The van der Waals surface area contributed by atoms with Crippen molar-refractivity contribution < 1.29 is 19.1 Å². The highest BCUT2D eigenvalue weighted by atomic mass is 16.5. The summed E-state index contributed by atoms with van der Waals surface area (Å²) < 4.78 is 11.5. The molecular weight excluding hydrogens is 440 g/mol. The Morgan fingerprint density at radius 2 is 1.86 bits per heavy atom. The summed E-state index contributed by atoms with van der Waals surface area (Å²) in [7, 11) is 0. The Morgan fingerprint density at radius 3 is 2.60 bits per heavy atom. The van der Waals surface area contributed by atoms with Gasteiger partial charge in [-0.05, 0) is 68.9 Å². The third kappa shape index (κ3) is 6.51. The van der Waals surface area contributed by atoms with Crippen LogP contribution in [0.3, 0.4) is 0 Å². The van der Waals surface area contributed by atoms with E-state index in [0.717, 1.165) is 43.2 Å². The molecule has 0 radical (unpaired) electrons. The van der Waals surface area contributed by atoms with E-state index in [1.807, 2.05) is 24.0 Å². The van der Waals surface area contributed by atoms with Crippen molar-refractivity contribution in [2.75, 3.05) is 19.8 Å². The third-order valence-electron chi connectivity index (χ3n) is 6.72. The number of hydrogen-bond donors (Lipinski definition) is 1. The van der Waals surface area contributed by atoms with Crippen molar-refractivity contribution in [2.45, 2.75) is 64.6 Å². The molecule has 1 heterocycles. The summed E-state index contributed by atoms with van der Waals surface area (Å²) >= 11 is 0. The molecule has 1 N–H and O–H groups in total. The van der Waals surface area contributed by atoms with Crippen LogP contribution >= 0.6 is 0 Å². The third-order valence-corrected chi connectivity index (χ3v) is 6.72. The van der Waals surface area contributed by atoms with E-state index < -0.39 is 0 Å². The molecule has 6 heteroatoms. The van der Waals surface area contributed by atoms with E-state index in [2.05, 4.69) is 36.5 Å². The van der Waals surface area contributed by atoms with Crippen LogP contribution in [0.2, 0.25) is 0 Å². The Hall–Kier alpha value is -3.12. The summed E-state index contributed by atoms with van der Waals surface area (Å²) in [6.07, 6.45) is 6.79. The lowest BCUT2D eigenvalue weighted by molar-refractivity contribution is -0.149. The average molecular weight is 477 g/mol. The average Bonchev–Trinajstić information content (AvgIpc) is 2.88. The van der Waals surface area contributed by atoms with E-state index in [-0.39, 0.29) is 24.0 Å². The molecule has 1 aliphatic carbocycles. The summed E-state index contributed by atoms with van der Waals surface area (Å²) in [6.45, 7) is 6.51. The minimum Gasteiger partial charge on any atom is -0.482 e. The Balaban J connectivity index is 1.45. The van der Waals surface area contributed by atoms with Crippen LogP contribution in [0.15, 0.2) is 54.3 Å². The highest BCUT2D eigenvalue weighted by molar-refractivity contribution is 5.97. The molecule has 2 fully saturated rings. The maximum Gasteiger partial charge on any atom is 0.289 e. The normalized spacial score (nSPS) is 20.9. The lowest BCUT2D eigenvalue weighted by Crippen LogP contribution is -2.54. The van der Waals surface area contributed by atoms with Crippen LogP contribution in [-0.2, 0) is 20.8 Å². The van der Waals surface area contributed by atoms with Crippen molar-refractivity contribution in [3.05, 3.63) is 76.5 Å². The van der Waals surface area contributed by atoms with E-state index in [0.29, 0.717) is 37.6 Å². The molecule has 2 unspecified atom stereocenters. The van der Waals surface area contributed by atoms with Gasteiger partial charge in [-0.2, -0.15) is 0 Å². The van der Waals surface area contributed by atoms with Crippen LogP contribution in [0.4, 0.5) is 0 Å².